The molecule has 1 aromatic rings. The van der Waals surface area contributed by atoms with E-state index in [-0.39, 0.29) is 38.5 Å². The van der Waals surface area contributed by atoms with Gasteiger partial charge in [0.2, 0.25) is 0 Å². The maximum atomic E-state index is 13.0. The first kappa shape index (κ1) is 13.9. The number of nitrogens with one attached hydrogen (secondary N) is 1. The lowest BCUT2D eigenvalue weighted by Crippen LogP contribution is -2.57. The highest BCUT2D eigenvalue weighted by Crippen LogP contribution is 2.30. The third-order valence-corrected chi connectivity index (χ3v) is 3.36. The average Bonchev–Trinajstić information content (AvgIpc) is 2.41. The molecule has 2 N–H and O–H groups in total. The number of quaternary nitrogens is 1. The van der Waals surface area contributed by atoms with Gasteiger partial charge in [-0.15, -0.1) is 0 Å². The van der Waals surface area contributed by atoms with Crippen LogP contribution >= 0.6 is 0 Å². The Labute approximate surface area is 110 Å². The summed E-state index contributed by atoms with van der Waals surface area (Å²) in [5, 5.41) is 12.7. The summed E-state index contributed by atoms with van der Waals surface area (Å²) in [5.74, 6) is -3.02. The molecule has 1 aliphatic heterocycles. The van der Waals surface area contributed by atoms with E-state index in [1.54, 1.807) is 30.3 Å². The van der Waals surface area contributed by atoms with E-state index in [1.165, 1.54) is 0 Å². The van der Waals surface area contributed by atoms with E-state index in [9.17, 15) is 18.8 Å². The number of hydroxylamine groups is 3. The number of rotatable bonds is 3. The second-order valence-corrected chi connectivity index (χ2v) is 4.93. The van der Waals surface area contributed by atoms with Crippen molar-refractivity contribution in [2.24, 2.45) is 0 Å². The van der Waals surface area contributed by atoms with Gasteiger partial charge >= 0.3 is 0 Å². The summed E-state index contributed by atoms with van der Waals surface area (Å²) in [6.07, 6.45) is -0.713. The van der Waals surface area contributed by atoms with E-state index < -0.39 is 10.6 Å². The molecule has 0 radical (unpaired) electrons. The number of alkyl halides is 2. The minimum absolute atomic E-state index is 0.0518. The van der Waals surface area contributed by atoms with Gasteiger partial charge in [-0.25, -0.2) is 14.0 Å². The standard InChI is InChI=1S/C13H16F2N2O2/c14-13(15)6-8-17(19,9-7-13)10-16-12(18)11-4-2-1-3-5-11/h1-5,19H,6-10H2/p+1. The number of carbonyl (C=O) groups is 1. The Morgan fingerprint density at radius 3 is 2.42 bits per heavy atom. The quantitative estimate of drug-likeness (QED) is 0.826. The molecule has 1 aromatic carbocycles. The SMILES string of the molecule is O=C(NC[N+]1(O)CCC(F)(F)CC1)c1ccccc1. The molecule has 19 heavy (non-hydrogen) atoms. The van der Waals surface area contributed by atoms with Gasteiger partial charge in [0.05, 0.1) is 12.8 Å². The van der Waals surface area contributed by atoms with E-state index in [0.29, 0.717) is 5.56 Å². The highest BCUT2D eigenvalue weighted by Gasteiger charge is 2.43. The van der Waals surface area contributed by atoms with Crippen molar-refractivity contribution < 1.29 is 23.4 Å². The van der Waals surface area contributed by atoms with Crippen molar-refractivity contribution in [3.8, 4) is 0 Å². The van der Waals surface area contributed by atoms with E-state index in [2.05, 4.69) is 5.32 Å². The Morgan fingerprint density at radius 2 is 1.84 bits per heavy atom. The predicted molar refractivity (Wildman–Crippen MR) is 64.7 cm³/mol. The molecule has 0 atom stereocenters. The number of hydrogen-bond donors (Lipinski definition) is 2. The summed E-state index contributed by atoms with van der Waals surface area (Å²) in [7, 11) is 0. The molecule has 4 nitrogen and oxygen atoms in total. The average molecular weight is 271 g/mol. The molecule has 1 amide bonds. The first-order chi connectivity index (χ1) is 8.90. The fourth-order valence-corrected chi connectivity index (χ4v) is 2.05. The molecular weight excluding hydrogens is 254 g/mol. The van der Waals surface area contributed by atoms with Crippen LogP contribution < -0.4 is 5.32 Å². The van der Waals surface area contributed by atoms with Gasteiger partial charge in [-0.05, 0) is 12.1 Å². The zero-order valence-electron chi connectivity index (χ0n) is 10.5. The molecular formula is C13H17F2N2O2+. The molecule has 104 valence electrons. The van der Waals surface area contributed by atoms with Crippen LogP contribution in [0.5, 0.6) is 0 Å². The molecule has 0 spiro atoms. The largest absolute Gasteiger partial charge is 0.303 e. The van der Waals surface area contributed by atoms with E-state index >= 15 is 0 Å². The van der Waals surface area contributed by atoms with Crippen LogP contribution in [0.15, 0.2) is 30.3 Å². The van der Waals surface area contributed by atoms with Crippen LogP contribution in [0.4, 0.5) is 8.78 Å². The summed E-state index contributed by atoms with van der Waals surface area (Å²) in [5.41, 5.74) is 0.483. The van der Waals surface area contributed by atoms with Crippen molar-refractivity contribution in [3.05, 3.63) is 35.9 Å². The van der Waals surface area contributed by atoms with Gasteiger partial charge in [-0.2, -0.15) is 4.65 Å². The van der Waals surface area contributed by atoms with Crippen molar-refractivity contribution >= 4 is 5.91 Å². The number of carbonyl (C=O) groups excluding carboxylic acids is 1. The van der Waals surface area contributed by atoms with Crippen LogP contribution in [0, 0.1) is 0 Å². The fraction of sp³-hybridized carbons (Fsp3) is 0.462. The van der Waals surface area contributed by atoms with Crippen molar-refractivity contribution in [2.75, 3.05) is 19.8 Å². The molecule has 1 fully saturated rings. The second-order valence-electron chi connectivity index (χ2n) is 4.93. The van der Waals surface area contributed by atoms with Crippen LogP contribution in [0.2, 0.25) is 0 Å². The van der Waals surface area contributed by atoms with Crippen LogP contribution in [-0.2, 0) is 0 Å². The van der Waals surface area contributed by atoms with Gasteiger partial charge < -0.3 is 5.32 Å². The molecule has 0 unspecified atom stereocenters. The third-order valence-electron chi connectivity index (χ3n) is 3.36. The minimum Gasteiger partial charge on any atom is -0.303 e. The Balaban J connectivity index is 1.87. The van der Waals surface area contributed by atoms with Crippen molar-refractivity contribution in [3.63, 3.8) is 0 Å². The third kappa shape index (κ3) is 3.71. The van der Waals surface area contributed by atoms with E-state index in [1.807, 2.05) is 0 Å². The molecule has 1 aliphatic rings. The van der Waals surface area contributed by atoms with Gasteiger partial charge in [0.1, 0.15) is 13.1 Å². The first-order valence-electron chi connectivity index (χ1n) is 6.20. The summed E-state index contributed by atoms with van der Waals surface area (Å²) in [6.45, 7) is -0.159. The normalized spacial score (nSPS) is 20.8. The molecule has 0 aliphatic carbocycles. The van der Waals surface area contributed by atoms with Gasteiger partial charge in [-0.1, -0.05) is 18.2 Å². The summed E-state index contributed by atoms with van der Waals surface area (Å²) >= 11 is 0. The molecule has 6 heteroatoms. The number of benzene rings is 1. The number of piperidine rings is 1. The highest BCUT2D eigenvalue weighted by molar-refractivity contribution is 5.93. The van der Waals surface area contributed by atoms with Gasteiger partial charge in [0.15, 0.2) is 6.67 Å². The molecule has 0 saturated carbocycles. The van der Waals surface area contributed by atoms with Crippen molar-refractivity contribution in [2.45, 2.75) is 18.8 Å². The van der Waals surface area contributed by atoms with Crippen LogP contribution in [0.25, 0.3) is 0 Å². The topological polar surface area (TPSA) is 49.3 Å². The maximum Gasteiger partial charge on any atom is 0.259 e. The van der Waals surface area contributed by atoms with Gasteiger partial charge in [0, 0.05) is 5.56 Å². The number of amides is 1. The smallest absolute Gasteiger partial charge is 0.259 e. The molecule has 0 aromatic heterocycles. The maximum absolute atomic E-state index is 13.0. The van der Waals surface area contributed by atoms with E-state index in [0.717, 1.165) is 0 Å². The number of halogens is 2. The molecule has 1 saturated heterocycles. The summed E-state index contributed by atoms with van der Waals surface area (Å²) < 4.78 is 25.5. The number of hydrogen-bond acceptors (Lipinski definition) is 2. The lowest BCUT2D eigenvalue weighted by atomic mass is 10.1. The Morgan fingerprint density at radius 1 is 1.26 bits per heavy atom. The monoisotopic (exact) mass is 271 g/mol. The molecule has 1 heterocycles. The van der Waals surface area contributed by atoms with E-state index in [4.69, 9.17) is 0 Å². The highest BCUT2D eigenvalue weighted by atomic mass is 19.3. The predicted octanol–water partition coefficient (Wildman–Crippen LogP) is 2.01. The zero-order valence-corrected chi connectivity index (χ0v) is 10.5. The zero-order chi connectivity index (χ0) is 13.9. The molecule has 2 rings (SSSR count). The summed E-state index contributed by atoms with van der Waals surface area (Å²) in [4.78, 5) is 11.8. The lowest BCUT2D eigenvalue weighted by molar-refractivity contribution is -1.11. The van der Waals surface area contributed by atoms with Crippen LogP contribution in [-0.4, -0.2) is 41.4 Å². The molecule has 0 bridgehead atoms. The van der Waals surface area contributed by atoms with Crippen LogP contribution in [0.1, 0.15) is 23.2 Å². The van der Waals surface area contributed by atoms with Gasteiger partial charge in [0.25, 0.3) is 11.8 Å². The van der Waals surface area contributed by atoms with Crippen LogP contribution in [0.3, 0.4) is 0 Å². The van der Waals surface area contributed by atoms with Crippen molar-refractivity contribution in [1.82, 2.24) is 5.32 Å². The second kappa shape index (κ2) is 5.22. The number of nitrogens with zero attached hydrogens (tertiary/aromatic N) is 1. The Bertz CT molecular complexity index is 441. The minimum atomic E-state index is -2.70. The number of likely N-dealkylation sites (tertiary alicyclic amines) is 1. The lowest BCUT2D eigenvalue weighted by Gasteiger charge is -2.36. The Kier molecular flexibility index (Phi) is 3.82. The Hall–Kier alpha value is -1.53. The van der Waals surface area contributed by atoms with Gasteiger partial charge in [-0.3, -0.25) is 4.79 Å². The fourth-order valence-electron chi connectivity index (χ4n) is 2.05. The summed E-state index contributed by atoms with van der Waals surface area (Å²) in [6, 6.07) is 8.58. The van der Waals surface area contributed by atoms with Crippen molar-refractivity contribution in [1.29, 1.82) is 0 Å². The first-order valence-corrected chi connectivity index (χ1v) is 6.20.